The number of carbonyl (C=O) groups is 1. The van der Waals surface area contributed by atoms with Gasteiger partial charge in [0.15, 0.2) is 5.79 Å². The minimum absolute atomic E-state index is 0.136. The monoisotopic (exact) mass is 382 g/mol. The Hall–Kier alpha value is -1.41. The fraction of sp³-hybridized carbons (Fsp3) is 0.750. The Balaban J connectivity index is 2.01. The van der Waals surface area contributed by atoms with Crippen molar-refractivity contribution in [2.45, 2.75) is 32.0 Å². The first-order valence-corrected chi connectivity index (χ1v) is 9.46. The van der Waals surface area contributed by atoms with Crippen LogP contribution < -0.4 is 0 Å². The van der Waals surface area contributed by atoms with E-state index >= 15 is 0 Å². The molecule has 3 atom stereocenters. The van der Waals surface area contributed by atoms with Crippen molar-refractivity contribution in [3.8, 4) is 0 Å². The van der Waals surface area contributed by atoms with E-state index in [9.17, 15) is 4.79 Å². The van der Waals surface area contributed by atoms with Crippen LogP contribution >= 0.6 is 0 Å². The lowest BCUT2D eigenvalue weighted by Crippen LogP contribution is -2.49. The van der Waals surface area contributed by atoms with E-state index in [1.807, 2.05) is 0 Å². The molecule has 3 rings (SSSR count). The van der Waals surface area contributed by atoms with Gasteiger partial charge in [0.1, 0.15) is 19.2 Å². The quantitative estimate of drug-likeness (QED) is 0.262. The summed E-state index contributed by atoms with van der Waals surface area (Å²) in [6.07, 6.45) is 3.76. The van der Waals surface area contributed by atoms with E-state index < -0.39 is 11.2 Å². The summed E-state index contributed by atoms with van der Waals surface area (Å²) in [5.74, 6) is -0.475. The second kappa shape index (κ2) is 8.31. The van der Waals surface area contributed by atoms with Crippen LogP contribution in [0.15, 0.2) is 24.0 Å². The Morgan fingerprint density at radius 2 is 2.04 bits per heavy atom. The van der Waals surface area contributed by atoms with E-state index in [1.165, 1.54) is 7.11 Å². The fourth-order valence-electron chi connectivity index (χ4n) is 4.93. The maximum Gasteiger partial charge on any atom is 0.337 e. The molecule has 2 fully saturated rings. The second-order valence-corrected chi connectivity index (χ2v) is 7.42. The van der Waals surface area contributed by atoms with E-state index in [0.717, 1.165) is 0 Å². The predicted molar refractivity (Wildman–Crippen MR) is 96.6 cm³/mol. The maximum absolute atomic E-state index is 12.8. The number of fused-ring (bicyclic) bond motifs is 3. The van der Waals surface area contributed by atoms with Crippen molar-refractivity contribution in [1.29, 1.82) is 0 Å². The van der Waals surface area contributed by atoms with Crippen LogP contribution in [0.1, 0.15) is 26.2 Å². The molecule has 2 aliphatic carbocycles. The van der Waals surface area contributed by atoms with Gasteiger partial charge < -0.3 is 28.4 Å². The molecule has 0 N–H and O–H groups in total. The topological polar surface area (TPSA) is 72.5 Å². The molecule has 1 saturated carbocycles. The van der Waals surface area contributed by atoms with Gasteiger partial charge in [-0.15, -0.1) is 0 Å². The zero-order chi connectivity index (χ0) is 19.5. The highest BCUT2D eigenvalue weighted by Crippen LogP contribution is 2.64. The average Bonchev–Trinajstić information content (AvgIpc) is 3.24. The average molecular weight is 382 g/mol. The Morgan fingerprint density at radius 3 is 2.67 bits per heavy atom. The summed E-state index contributed by atoms with van der Waals surface area (Å²) in [6, 6.07) is 0. The minimum Gasteiger partial charge on any atom is -0.493 e. The Bertz CT molecular complexity index is 593. The summed E-state index contributed by atoms with van der Waals surface area (Å²) in [5.41, 5.74) is 0.198. The molecule has 1 aliphatic heterocycles. The van der Waals surface area contributed by atoms with E-state index in [1.54, 1.807) is 13.2 Å². The van der Waals surface area contributed by atoms with E-state index in [-0.39, 0.29) is 24.6 Å². The molecule has 0 aromatic heterocycles. The zero-order valence-corrected chi connectivity index (χ0v) is 16.5. The van der Waals surface area contributed by atoms with Crippen LogP contribution in [0.2, 0.25) is 0 Å². The Labute approximate surface area is 160 Å². The highest BCUT2D eigenvalue weighted by atomic mass is 16.7. The molecule has 0 amide bonds. The highest BCUT2D eigenvalue weighted by Gasteiger charge is 2.65. The van der Waals surface area contributed by atoms with Crippen LogP contribution in [0.4, 0.5) is 0 Å². The largest absolute Gasteiger partial charge is 0.493 e. The number of methoxy groups -OCH3 is 2. The van der Waals surface area contributed by atoms with Gasteiger partial charge in [0.2, 0.25) is 0 Å². The summed E-state index contributed by atoms with van der Waals surface area (Å²) < 4.78 is 33.9. The third-order valence-electron chi connectivity index (χ3n) is 6.11. The van der Waals surface area contributed by atoms with Gasteiger partial charge in [-0.2, -0.15) is 0 Å². The summed E-state index contributed by atoms with van der Waals surface area (Å²) in [6.45, 7) is 7.99. The molecule has 0 aromatic rings. The van der Waals surface area contributed by atoms with Crippen molar-refractivity contribution < 1.29 is 33.2 Å². The molecule has 3 aliphatic rings. The fourth-order valence-corrected chi connectivity index (χ4v) is 4.93. The second-order valence-electron chi connectivity index (χ2n) is 7.42. The Kier molecular flexibility index (Phi) is 6.25. The molecule has 7 heteroatoms. The molecule has 152 valence electrons. The highest BCUT2D eigenvalue weighted by molar-refractivity contribution is 5.91. The predicted octanol–water partition coefficient (Wildman–Crippen LogP) is 2.42. The van der Waals surface area contributed by atoms with Crippen LogP contribution in [-0.4, -0.2) is 59.2 Å². The van der Waals surface area contributed by atoms with Gasteiger partial charge in [-0.05, 0) is 18.8 Å². The molecule has 7 nitrogen and oxygen atoms in total. The van der Waals surface area contributed by atoms with Crippen molar-refractivity contribution in [2.24, 2.45) is 17.3 Å². The smallest absolute Gasteiger partial charge is 0.337 e. The summed E-state index contributed by atoms with van der Waals surface area (Å²) in [4.78, 5) is 12.8. The van der Waals surface area contributed by atoms with Crippen molar-refractivity contribution in [1.82, 2.24) is 0 Å². The molecule has 0 radical (unpaired) electrons. The first-order chi connectivity index (χ1) is 13.0. The van der Waals surface area contributed by atoms with Gasteiger partial charge in [0, 0.05) is 18.9 Å². The van der Waals surface area contributed by atoms with Crippen LogP contribution in [0, 0.1) is 17.3 Å². The third-order valence-corrected chi connectivity index (χ3v) is 6.11. The molecule has 0 unspecified atom stereocenters. The van der Waals surface area contributed by atoms with Crippen LogP contribution in [0.25, 0.3) is 0 Å². The molecule has 1 saturated heterocycles. The lowest BCUT2D eigenvalue weighted by Gasteiger charge is -2.47. The summed E-state index contributed by atoms with van der Waals surface area (Å²) >= 11 is 0. The number of esters is 1. The van der Waals surface area contributed by atoms with Gasteiger partial charge in [0.05, 0.1) is 38.4 Å². The third kappa shape index (κ3) is 3.42. The van der Waals surface area contributed by atoms with Crippen LogP contribution in [0.5, 0.6) is 0 Å². The van der Waals surface area contributed by atoms with E-state index in [4.69, 9.17) is 28.4 Å². The first kappa shape index (κ1) is 20.3. The van der Waals surface area contributed by atoms with Crippen molar-refractivity contribution in [2.75, 3.05) is 47.4 Å². The SMILES string of the molecule is C=CCOC1=C(C(=O)OC)[C@]2(CCOCOC)C[C@H]1C1(C[C@@H]2C)OCCO1. The van der Waals surface area contributed by atoms with Gasteiger partial charge in [0.25, 0.3) is 0 Å². The number of hydrogen-bond acceptors (Lipinski definition) is 7. The molecule has 1 heterocycles. The summed E-state index contributed by atoms with van der Waals surface area (Å²) in [7, 11) is 2.99. The maximum atomic E-state index is 12.8. The minimum atomic E-state index is -0.734. The standard InChI is InChI=1S/C20H30O7/c1-5-7-25-17-15-12-19(6-8-24-13-22-3,16(17)18(21)23-4)14(2)11-20(15)26-9-10-27-20/h5,14-15H,1,6-13H2,2-4H3/t14-,15+,19+/m0/s1. The number of rotatable bonds is 9. The lowest BCUT2D eigenvalue weighted by molar-refractivity contribution is -0.228. The first-order valence-electron chi connectivity index (χ1n) is 9.46. The molecule has 0 aromatic carbocycles. The number of carbonyl (C=O) groups excluding carboxylic acids is 1. The van der Waals surface area contributed by atoms with Gasteiger partial charge in [-0.25, -0.2) is 4.79 Å². The van der Waals surface area contributed by atoms with Crippen molar-refractivity contribution in [3.63, 3.8) is 0 Å². The van der Waals surface area contributed by atoms with E-state index in [0.29, 0.717) is 57.0 Å². The molecular weight excluding hydrogens is 352 g/mol. The molecule has 2 bridgehead atoms. The van der Waals surface area contributed by atoms with Crippen LogP contribution in [-0.2, 0) is 33.2 Å². The van der Waals surface area contributed by atoms with Crippen LogP contribution in [0.3, 0.4) is 0 Å². The van der Waals surface area contributed by atoms with E-state index in [2.05, 4.69) is 13.5 Å². The Morgan fingerprint density at radius 1 is 1.30 bits per heavy atom. The molecule has 1 spiro atoms. The van der Waals surface area contributed by atoms with Gasteiger partial charge >= 0.3 is 5.97 Å². The van der Waals surface area contributed by atoms with Gasteiger partial charge in [-0.1, -0.05) is 19.6 Å². The molecule has 27 heavy (non-hydrogen) atoms. The lowest BCUT2D eigenvalue weighted by atomic mass is 9.61. The number of ether oxygens (including phenoxy) is 6. The summed E-state index contributed by atoms with van der Waals surface area (Å²) in [5, 5.41) is 0. The zero-order valence-electron chi connectivity index (χ0n) is 16.5. The van der Waals surface area contributed by atoms with Crippen molar-refractivity contribution >= 4 is 5.97 Å². The molecular formula is C20H30O7. The normalized spacial score (nSPS) is 31.4. The number of hydrogen-bond donors (Lipinski definition) is 0. The van der Waals surface area contributed by atoms with Crippen molar-refractivity contribution in [3.05, 3.63) is 24.0 Å². The van der Waals surface area contributed by atoms with Gasteiger partial charge in [-0.3, -0.25) is 0 Å².